The second-order valence-electron chi connectivity index (χ2n) is 10.2. The molecule has 1 aliphatic heterocycles. The number of alkyl halides is 2. The van der Waals surface area contributed by atoms with Crippen LogP contribution in [-0.4, -0.2) is 57.6 Å². The Morgan fingerprint density at radius 2 is 1.65 bits per heavy atom. The lowest BCUT2D eigenvalue weighted by Crippen LogP contribution is -2.49. The van der Waals surface area contributed by atoms with E-state index in [4.69, 9.17) is 5.11 Å². The number of nitrogens with one attached hydrogen (secondary N) is 3. The first-order valence-electron chi connectivity index (χ1n) is 14.1. The smallest absolute Gasteiger partial charge is 0.374 e. The molecule has 1 fully saturated rings. The molecule has 230 valence electrons. The van der Waals surface area contributed by atoms with Crippen molar-refractivity contribution < 1.29 is 28.3 Å². The van der Waals surface area contributed by atoms with Gasteiger partial charge in [-0.1, -0.05) is 84.5 Å². The van der Waals surface area contributed by atoms with Crippen molar-refractivity contribution in [3.8, 4) is 0 Å². The third kappa shape index (κ3) is 12.8. The quantitative estimate of drug-likeness (QED) is 0.216. The van der Waals surface area contributed by atoms with E-state index in [1.807, 2.05) is 36.4 Å². The number of carbonyl (C=O) groups excluding carboxylic acids is 2. The summed E-state index contributed by atoms with van der Waals surface area (Å²) >= 11 is 1.39. The molecule has 0 bridgehead atoms. The number of halogens is 2. The Hall–Kier alpha value is -4.03. The Morgan fingerprint density at radius 1 is 1.02 bits per heavy atom. The molecule has 4 rings (SSSR count). The van der Waals surface area contributed by atoms with Crippen LogP contribution in [0.5, 0.6) is 0 Å². The summed E-state index contributed by atoms with van der Waals surface area (Å²) in [6.07, 6.45) is 9.40. The predicted octanol–water partition coefficient (Wildman–Crippen LogP) is 4.80. The average Bonchev–Trinajstić information content (AvgIpc) is 3.45. The molecule has 0 spiro atoms. The van der Waals surface area contributed by atoms with Crippen LogP contribution in [0.2, 0.25) is 0 Å². The minimum Gasteiger partial charge on any atom is -0.477 e. The predicted molar refractivity (Wildman–Crippen MR) is 162 cm³/mol. The number of piperidine rings is 1. The number of carboxylic acids is 1. The Kier molecular flexibility index (Phi) is 13.4. The van der Waals surface area contributed by atoms with Crippen LogP contribution >= 0.6 is 11.3 Å². The van der Waals surface area contributed by atoms with Crippen molar-refractivity contribution in [2.75, 3.05) is 11.9 Å². The Morgan fingerprint density at radius 3 is 2.23 bits per heavy atom. The lowest BCUT2D eigenvalue weighted by Gasteiger charge is -2.25. The molecule has 2 heterocycles. The molecule has 12 heteroatoms. The summed E-state index contributed by atoms with van der Waals surface area (Å²) in [5.41, 5.74) is 2.44. The maximum Gasteiger partial charge on any atom is 0.374 e. The summed E-state index contributed by atoms with van der Waals surface area (Å²) in [6.45, 7) is 1.19. The van der Waals surface area contributed by atoms with Gasteiger partial charge in [-0.05, 0) is 49.8 Å². The fraction of sp³-hybridized carbons (Fsp3) is 0.387. The number of hydrogen-bond donors (Lipinski definition) is 4. The molecule has 3 aromatic rings. The van der Waals surface area contributed by atoms with Gasteiger partial charge in [0.2, 0.25) is 16.9 Å². The first-order chi connectivity index (χ1) is 20.6. The maximum atomic E-state index is 12.8. The van der Waals surface area contributed by atoms with Crippen molar-refractivity contribution in [2.24, 2.45) is 0 Å². The topological polar surface area (TPSA) is 133 Å². The molecule has 4 N–H and O–H groups in total. The van der Waals surface area contributed by atoms with Crippen molar-refractivity contribution in [3.63, 3.8) is 0 Å². The van der Waals surface area contributed by atoms with E-state index in [9.17, 15) is 23.2 Å². The number of carbonyl (C=O) groups is 3. The number of nitrogens with zero attached hydrogens (tertiary/aromatic N) is 2. The summed E-state index contributed by atoms with van der Waals surface area (Å²) in [6, 6.07) is 20.0. The molecule has 1 aliphatic rings. The van der Waals surface area contributed by atoms with Crippen LogP contribution in [0.1, 0.15) is 48.7 Å². The molecule has 2 amide bonds. The number of benzene rings is 2. The van der Waals surface area contributed by atoms with E-state index in [1.54, 1.807) is 6.08 Å². The molecule has 1 aromatic heterocycles. The van der Waals surface area contributed by atoms with Crippen molar-refractivity contribution in [1.29, 1.82) is 0 Å². The average molecular weight is 614 g/mol. The molecule has 9 nitrogen and oxygen atoms in total. The summed E-state index contributed by atoms with van der Waals surface area (Å²) in [5, 5.41) is 26.4. The van der Waals surface area contributed by atoms with Crippen LogP contribution in [-0.2, 0) is 33.6 Å². The second-order valence-corrected chi connectivity index (χ2v) is 11.2. The standard InChI is InChI=1S/C28H33N5O2S.C3H4F2O2/c34-25(31-28-33-32-26(36-28)19-15-22-11-5-2-6-12-22)18-17-23(16-14-21-9-3-1-4-10-21)30-27(35)24-13-7-8-20-29-24;1-3(4,5)2(6)7/h1-6,9-12,17-18,23-24,29H,7-8,13-16,19-20H2,(H,30,35)(H,31,33,34);1H3,(H,6,7)/b18-17+;/t23-,24-;/m0./s1. The van der Waals surface area contributed by atoms with Gasteiger partial charge in [-0.15, -0.1) is 10.2 Å². The molecular formula is C31H37F2N5O4S. The number of anilines is 1. The van der Waals surface area contributed by atoms with E-state index in [2.05, 4.69) is 50.4 Å². The number of hydrogen-bond acceptors (Lipinski definition) is 7. The molecule has 43 heavy (non-hydrogen) atoms. The number of aliphatic carboxylic acids is 1. The van der Waals surface area contributed by atoms with Gasteiger partial charge in [-0.2, -0.15) is 8.78 Å². The zero-order valence-corrected chi connectivity index (χ0v) is 24.8. The van der Waals surface area contributed by atoms with Gasteiger partial charge in [0.25, 0.3) is 0 Å². The highest BCUT2D eigenvalue weighted by molar-refractivity contribution is 7.15. The third-order valence-electron chi connectivity index (χ3n) is 6.56. The van der Waals surface area contributed by atoms with Gasteiger partial charge >= 0.3 is 11.9 Å². The first kappa shape index (κ1) is 33.5. The van der Waals surface area contributed by atoms with Crippen LogP contribution in [0, 0.1) is 0 Å². The lowest BCUT2D eigenvalue weighted by atomic mass is 10.0. The van der Waals surface area contributed by atoms with E-state index in [-0.39, 0.29) is 23.9 Å². The molecule has 1 saturated heterocycles. The van der Waals surface area contributed by atoms with Crippen LogP contribution in [0.15, 0.2) is 72.8 Å². The van der Waals surface area contributed by atoms with Gasteiger partial charge in [0, 0.05) is 25.5 Å². The zero-order valence-electron chi connectivity index (χ0n) is 24.0. The molecule has 0 aliphatic carbocycles. The fourth-order valence-corrected chi connectivity index (χ4v) is 4.94. The highest BCUT2D eigenvalue weighted by Gasteiger charge is 2.31. The highest BCUT2D eigenvalue weighted by atomic mass is 32.1. The second kappa shape index (κ2) is 17.2. The number of aryl methyl sites for hydroxylation is 3. The third-order valence-corrected chi connectivity index (χ3v) is 7.46. The summed E-state index contributed by atoms with van der Waals surface area (Å²) in [4.78, 5) is 34.7. The van der Waals surface area contributed by atoms with E-state index in [1.165, 1.54) is 28.5 Å². The lowest BCUT2D eigenvalue weighted by molar-refractivity contribution is -0.161. The maximum absolute atomic E-state index is 12.8. The van der Waals surface area contributed by atoms with E-state index >= 15 is 0 Å². The highest BCUT2D eigenvalue weighted by Crippen LogP contribution is 2.17. The van der Waals surface area contributed by atoms with Gasteiger partial charge in [0.05, 0.1) is 6.04 Å². The molecular weight excluding hydrogens is 576 g/mol. The number of amides is 2. The summed E-state index contributed by atoms with van der Waals surface area (Å²) in [5.74, 6) is -5.96. The largest absolute Gasteiger partial charge is 0.477 e. The monoisotopic (exact) mass is 613 g/mol. The number of carboxylic acid groups (broad SMARTS) is 1. The van der Waals surface area contributed by atoms with Crippen molar-refractivity contribution in [1.82, 2.24) is 20.8 Å². The molecule has 2 atom stereocenters. The Balaban J connectivity index is 0.000000646. The van der Waals surface area contributed by atoms with Crippen molar-refractivity contribution >= 4 is 34.3 Å². The van der Waals surface area contributed by atoms with Gasteiger partial charge in [0.1, 0.15) is 5.01 Å². The molecule has 2 aromatic carbocycles. The number of aromatic nitrogens is 2. The Bertz CT molecular complexity index is 1330. The van der Waals surface area contributed by atoms with Gasteiger partial charge < -0.3 is 15.7 Å². The Labute approximate surface area is 253 Å². The van der Waals surface area contributed by atoms with Crippen LogP contribution < -0.4 is 16.0 Å². The van der Waals surface area contributed by atoms with E-state index < -0.39 is 11.9 Å². The minimum absolute atomic E-state index is 0.00926. The van der Waals surface area contributed by atoms with E-state index in [0.717, 1.165) is 50.1 Å². The van der Waals surface area contributed by atoms with Crippen LogP contribution in [0.4, 0.5) is 13.9 Å². The van der Waals surface area contributed by atoms with Gasteiger partial charge in [-0.25, -0.2) is 4.79 Å². The fourth-order valence-electron chi connectivity index (χ4n) is 4.19. The zero-order chi connectivity index (χ0) is 31.1. The van der Waals surface area contributed by atoms with Crippen molar-refractivity contribution in [3.05, 3.63) is 89.0 Å². The molecule has 0 saturated carbocycles. The molecule has 0 unspecified atom stereocenters. The number of rotatable bonds is 12. The van der Waals surface area contributed by atoms with Crippen LogP contribution in [0.3, 0.4) is 0 Å². The summed E-state index contributed by atoms with van der Waals surface area (Å²) < 4.78 is 22.5. The SMILES string of the molecule is CC(F)(F)C(=O)O.O=C(/C=C/[C@H](CCc1ccccc1)NC(=O)[C@@H]1CCCCN1)Nc1nnc(CCc2ccccc2)s1. The summed E-state index contributed by atoms with van der Waals surface area (Å²) in [7, 11) is 0. The minimum atomic E-state index is -3.58. The molecule has 0 radical (unpaired) electrons. The first-order valence-corrected chi connectivity index (χ1v) is 15.0. The van der Waals surface area contributed by atoms with Crippen molar-refractivity contribution in [2.45, 2.75) is 69.9 Å². The van der Waals surface area contributed by atoms with Gasteiger partial charge in [-0.3, -0.25) is 14.9 Å². The normalized spacial score (nSPS) is 15.7. The van der Waals surface area contributed by atoms with Gasteiger partial charge in [0.15, 0.2) is 0 Å². The van der Waals surface area contributed by atoms with E-state index in [0.29, 0.717) is 18.5 Å². The van der Waals surface area contributed by atoms with Crippen LogP contribution in [0.25, 0.3) is 0 Å².